The molecule has 2 aromatic rings. The molecule has 0 aliphatic carbocycles. The maximum atomic E-state index is 12.9. The molecule has 24 heavy (non-hydrogen) atoms. The summed E-state index contributed by atoms with van der Waals surface area (Å²) in [4.78, 5) is 20.7. The molecular formula is C17H21FN4O2. The molecule has 128 valence electrons. The summed E-state index contributed by atoms with van der Waals surface area (Å²) in [5.74, 6) is 0.509. The molecule has 2 rings (SSSR count). The normalized spacial score (nSPS) is 10.5. The number of rotatable bonds is 8. The van der Waals surface area contributed by atoms with Gasteiger partial charge in [0.25, 0.3) is 5.91 Å². The summed E-state index contributed by atoms with van der Waals surface area (Å²) in [6.07, 6.45) is 0.839. The molecule has 6 nitrogen and oxygen atoms in total. The van der Waals surface area contributed by atoms with Crippen LogP contribution >= 0.6 is 0 Å². The Morgan fingerprint density at radius 3 is 2.71 bits per heavy atom. The van der Waals surface area contributed by atoms with Gasteiger partial charge in [-0.05, 0) is 31.0 Å². The lowest BCUT2D eigenvalue weighted by molar-refractivity contribution is 0.0945. The number of halogens is 1. The maximum Gasteiger partial charge on any atom is 0.270 e. The third kappa shape index (κ3) is 5.58. The molecule has 0 saturated carbocycles. The number of aryl methyl sites for hydroxylation is 1. The van der Waals surface area contributed by atoms with E-state index in [1.807, 2.05) is 0 Å². The number of carbonyl (C=O) groups is 1. The third-order valence-corrected chi connectivity index (χ3v) is 3.27. The van der Waals surface area contributed by atoms with E-state index >= 15 is 0 Å². The van der Waals surface area contributed by atoms with Crippen molar-refractivity contribution < 1.29 is 13.9 Å². The largest absolute Gasteiger partial charge is 0.385 e. The second-order valence-corrected chi connectivity index (χ2v) is 5.27. The Morgan fingerprint density at radius 1 is 1.25 bits per heavy atom. The molecular weight excluding hydrogens is 311 g/mol. The van der Waals surface area contributed by atoms with Gasteiger partial charge in [-0.25, -0.2) is 14.4 Å². The van der Waals surface area contributed by atoms with E-state index in [0.717, 1.165) is 12.0 Å². The summed E-state index contributed by atoms with van der Waals surface area (Å²) in [5.41, 5.74) is 1.10. The number of amides is 1. The number of nitrogens with zero attached hydrogens (tertiary/aromatic N) is 2. The molecule has 0 radical (unpaired) electrons. The highest BCUT2D eigenvalue weighted by Crippen LogP contribution is 2.08. The van der Waals surface area contributed by atoms with Gasteiger partial charge in [-0.2, -0.15) is 0 Å². The second kappa shape index (κ2) is 8.93. The summed E-state index contributed by atoms with van der Waals surface area (Å²) >= 11 is 0. The summed E-state index contributed by atoms with van der Waals surface area (Å²) in [6, 6.07) is 7.59. The molecule has 0 aliphatic rings. The lowest BCUT2D eigenvalue weighted by Gasteiger charge is -2.09. The number of hydrogen-bond acceptors (Lipinski definition) is 5. The number of hydrogen-bond donors (Lipinski definition) is 2. The number of nitrogens with one attached hydrogen (secondary N) is 2. The van der Waals surface area contributed by atoms with Crippen LogP contribution in [0.15, 0.2) is 30.3 Å². The number of aromatic nitrogens is 2. The van der Waals surface area contributed by atoms with Crippen molar-refractivity contribution in [3.05, 3.63) is 53.2 Å². The van der Waals surface area contributed by atoms with Crippen LogP contribution < -0.4 is 10.6 Å². The van der Waals surface area contributed by atoms with Crippen LogP contribution in [0.5, 0.6) is 0 Å². The summed E-state index contributed by atoms with van der Waals surface area (Å²) in [5, 5.41) is 5.91. The Labute approximate surface area is 140 Å². The maximum absolute atomic E-state index is 12.9. The van der Waals surface area contributed by atoms with E-state index in [0.29, 0.717) is 37.0 Å². The zero-order valence-electron chi connectivity index (χ0n) is 13.8. The predicted molar refractivity (Wildman–Crippen MR) is 89.3 cm³/mol. The van der Waals surface area contributed by atoms with E-state index in [1.165, 1.54) is 12.1 Å². The van der Waals surface area contributed by atoms with Gasteiger partial charge in [0.15, 0.2) is 0 Å². The van der Waals surface area contributed by atoms with Gasteiger partial charge in [-0.15, -0.1) is 0 Å². The van der Waals surface area contributed by atoms with Crippen LogP contribution in [-0.2, 0) is 11.3 Å². The van der Waals surface area contributed by atoms with Crippen molar-refractivity contribution in [3.8, 4) is 0 Å². The first-order valence-corrected chi connectivity index (χ1v) is 7.69. The Morgan fingerprint density at radius 2 is 2.00 bits per heavy atom. The molecule has 1 aromatic heterocycles. The predicted octanol–water partition coefficient (Wildman–Crippen LogP) is 2.30. The lowest BCUT2D eigenvalue weighted by atomic mass is 10.2. The molecule has 0 bridgehead atoms. The molecule has 1 heterocycles. The van der Waals surface area contributed by atoms with Crippen molar-refractivity contribution in [3.63, 3.8) is 0 Å². The molecule has 0 unspecified atom stereocenters. The van der Waals surface area contributed by atoms with Gasteiger partial charge in [-0.3, -0.25) is 4.79 Å². The van der Waals surface area contributed by atoms with Crippen LogP contribution in [0.4, 0.5) is 10.2 Å². The van der Waals surface area contributed by atoms with Crippen molar-refractivity contribution in [2.75, 3.05) is 25.6 Å². The fourth-order valence-corrected chi connectivity index (χ4v) is 2.08. The average Bonchev–Trinajstić information content (AvgIpc) is 2.57. The minimum Gasteiger partial charge on any atom is -0.385 e. The fraction of sp³-hybridized carbons (Fsp3) is 0.353. The molecule has 0 atom stereocenters. The second-order valence-electron chi connectivity index (χ2n) is 5.27. The van der Waals surface area contributed by atoms with E-state index in [-0.39, 0.29) is 11.7 Å². The average molecular weight is 332 g/mol. The Kier molecular flexibility index (Phi) is 6.62. The Hall–Kier alpha value is -2.54. The minimum atomic E-state index is -0.305. The zero-order valence-corrected chi connectivity index (χ0v) is 13.8. The van der Waals surface area contributed by atoms with Crippen LogP contribution in [0, 0.1) is 12.7 Å². The van der Waals surface area contributed by atoms with Crippen LogP contribution in [0.1, 0.15) is 28.3 Å². The van der Waals surface area contributed by atoms with Crippen LogP contribution in [0.3, 0.4) is 0 Å². The van der Waals surface area contributed by atoms with E-state index in [4.69, 9.17) is 4.74 Å². The van der Waals surface area contributed by atoms with Crippen molar-refractivity contribution in [2.45, 2.75) is 19.9 Å². The number of ether oxygens (including phenoxy) is 1. The highest BCUT2D eigenvalue weighted by atomic mass is 19.1. The van der Waals surface area contributed by atoms with E-state index in [1.54, 1.807) is 32.2 Å². The van der Waals surface area contributed by atoms with E-state index < -0.39 is 0 Å². The minimum absolute atomic E-state index is 0.291. The molecule has 0 fully saturated rings. The quantitative estimate of drug-likeness (QED) is 0.726. The fourth-order valence-electron chi connectivity index (χ4n) is 2.08. The van der Waals surface area contributed by atoms with Crippen molar-refractivity contribution >= 4 is 11.7 Å². The number of methoxy groups -OCH3 is 1. The van der Waals surface area contributed by atoms with Crippen LogP contribution in [0.25, 0.3) is 0 Å². The summed E-state index contributed by atoms with van der Waals surface area (Å²) in [6.45, 7) is 3.39. The van der Waals surface area contributed by atoms with Gasteiger partial charge in [-0.1, -0.05) is 12.1 Å². The zero-order chi connectivity index (χ0) is 17.4. The lowest BCUT2D eigenvalue weighted by Crippen LogP contribution is -2.24. The molecule has 0 spiro atoms. The SMILES string of the molecule is COCCCNc1cc(C(=O)NCc2ccc(F)cc2)nc(C)n1. The monoisotopic (exact) mass is 332 g/mol. The van der Waals surface area contributed by atoms with Gasteiger partial charge in [0, 0.05) is 32.9 Å². The van der Waals surface area contributed by atoms with Crippen molar-refractivity contribution in [1.82, 2.24) is 15.3 Å². The van der Waals surface area contributed by atoms with Crippen LogP contribution in [0.2, 0.25) is 0 Å². The van der Waals surface area contributed by atoms with Crippen LogP contribution in [-0.4, -0.2) is 36.1 Å². The van der Waals surface area contributed by atoms with Crippen molar-refractivity contribution in [2.24, 2.45) is 0 Å². The van der Waals surface area contributed by atoms with Gasteiger partial charge >= 0.3 is 0 Å². The number of benzene rings is 1. The Balaban J connectivity index is 1.95. The highest BCUT2D eigenvalue weighted by molar-refractivity contribution is 5.92. The molecule has 1 aromatic carbocycles. The standard InChI is InChI=1S/C17H21FN4O2/c1-12-21-15(10-16(22-12)19-8-3-9-24-2)17(23)20-11-13-4-6-14(18)7-5-13/h4-7,10H,3,8-9,11H2,1-2H3,(H,20,23)(H,19,21,22). The van der Waals surface area contributed by atoms with Gasteiger partial charge in [0.1, 0.15) is 23.2 Å². The van der Waals surface area contributed by atoms with Crippen molar-refractivity contribution in [1.29, 1.82) is 0 Å². The third-order valence-electron chi connectivity index (χ3n) is 3.27. The van der Waals surface area contributed by atoms with Gasteiger partial charge in [0.05, 0.1) is 0 Å². The first-order valence-electron chi connectivity index (χ1n) is 7.69. The summed E-state index contributed by atoms with van der Waals surface area (Å²) < 4.78 is 17.9. The molecule has 0 aliphatic heterocycles. The number of anilines is 1. The molecule has 0 saturated heterocycles. The highest BCUT2D eigenvalue weighted by Gasteiger charge is 2.10. The van der Waals surface area contributed by atoms with E-state index in [9.17, 15) is 9.18 Å². The van der Waals surface area contributed by atoms with E-state index in [2.05, 4.69) is 20.6 Å². The molecule has 7 heteroatoms. The van der Waals surface area contributed by atoms with Gasteiger partial charge < -0.3 is 15.4 Å². The molecule has 2 N–H and O–H groups in total. The smallest absolute Gasteiger partial charge is 0.270 e. The first kappa shape index (κ1) is 17.8. The molecule has 1 amide bonds. The number of carbonyl (C=O) groups excluding carboxylic acids is 1. The summed E-state index contributed by atoms with van der Waals surface area (Å²) in [7, 11) is 1.65. The topological polar surface area (TPSA) is 76.1 Å². The Bertz CT molecular complexity index is 677. The van der Waals surface area contributed by atoms with Gasteiger partial charge in [0.2, 0.25) is 0 Å². The first-order chi connectivity index (χ1) is 11.6.